The van der Waals surface area contributed by atoms with Crippen molar-refractivity contribution >= 4 is 34.5 Å². The molecule has 1 saturated heterocycles. The van der Waals surface area contributed by atoms with Crippen molar-refractivity contribution in [2.75, 3.05) is 11.5 Å². The average Bonchev–Trinajstić information content (AvgIpc) is 2.41. The first-order valence-corrected chi connectivity index (χ1v) is 7.60. The minimum absolute atomic E-state index is 0.469. The van der Waals surface area contributed by atoms with Gasteiger partial charge in [0.15, 0.2) is 18.5 Å². The number of methoxy groups -OCH3 is 1. The van der Waals surface area contributed by atoms with Crippen molar-refractivity contribution in [3.8, 4) is 0 Å². The van der Waals surface area contributed by atoms with Crippen LogP contribution < -0.4 is 0 Å². The molecule has 0 N–H and O–H groups in total. The zero-order chi connectivity index (χ0) is 16.0. The Morgan fingerprint density at radius 3 is 2.29 bits per heavy atom. The number of hydrogen-bond acceptors (Lipinski definition) is 7. The fourth-order valence-corrected chi connectivity index (χ4v) is 2.76. The van der Waals surface area contributed by atoms with Crippen LogP contribution in [0.15, 0.2) is 5.11 Å². The fraction of sp³-hybridized carbons (Fsp3) is 0.818. The average molecular weight is 413 g/mol. The van der Waals surface area contributed by atoms with Crippen LogP contribution in [0.4, 0.5) is 0 Å². The number of halogens is 1. The minimum atomic E-state index is -0.972. The van der Waals surface area contributed by atoms with Crippen LogP contribution in [-0.4, -0.2) is 54.1 Å². The number of ether oxygens (including phenoxy) is 4. The van der Waals surface area contributed by atoms with E-state index in [0.717, 1.165) is 0 Å². The van der Waals surface area contributed by atoms with Gasteiger partial charge in [0.1, 0.15) is 12.1 Å². The molecule has 9 nitrogen and oxygen atoms in total. The van der Waals surface area contributed by atoms with Gasteiger partial charge in [0.2, 0.25) is 0 Å². The summed E-state index contributed by atoms with van der Waals surface area (Å²) in [5, 5.41) is 3.56. The smallest absolute Gasteiger partial charge is 0.303 e. The van der Waals surface area contributed by atoms with E-state index in [0.29, 0.717) is 4.43 Å². The van der Waals surface area contributed by atoms with E-state index in [4.69, 9.17) is 24.5 Å². The Balaban J connectivity index is 3.16. The Labute approximate surface area is 135 Å². The Hall–Kier alpha value is -1.10. The summed E-state index contributed by atoms with van der Waals surface area (Å²) < 4.78 is 21.6. The summed E-state index contributed by atoms with van der Waals surface area (Å²) >= 11 is 2.05. The molecule has 10 heteroatoms. The van der Waals surface area contributed by atoms with Crippen molar-refractivity contribution in [1.29, 1.82) is 0 Å². The molecule has 0 aromatic rings. The van der Waals surface area contributed by atoms with E-state index >= 15 is 0 Å². The Kier molecular flexibility index (Phi) is 7.15. The molecule has 0 saturated carbocycles. The third-order valence-electron chi connectivity index (χ3n) is 2.79. The molecule has 5 atom stereocenters. The van der Waals surface area contributed by atoms with Gasteiger partial charge in [-0.05, 0) is 5.53 Å². The standard InChI is InChI=1S/C11H16IN3O6/c1-5(16)19-9-7(4-12)21-11(18-3)8(14-15-13)10(9)20-6(2)17/h7-11H,4H2,1-3H3/t7-,8+,9-,10+,11+/m1/s1. The van der Waals surface area contributed by atoms with Crippen LogP contribution in [0.3, 0.4) is 0 Å². The second-order valence-electron chi connectivity index (χ2n) is 4.28. The van der Waals surface area contributed by atoms with Gasteiger partial charge in [0.25, 0.3) is 0 Å². The predicted molar refractivity (Wildman–Crippen MR) is 78.6 cm³/mol. The zero-order valence-electron chi connectivity index (χ0n) is 11.8. The van der Waals surface area contributed by atoms with Crippen LogP contribution in [0.25, 0.3) is 10.4 Å². The van der Waals surface area contributed by atoms with Crippen LogP contribution in [0.5, 0.6) is 0 Å². The van der Waals surface area contributed by atoms with E-state index in [1.807, 2.05) is 0 Å². The second kappa shape index (κ2) is 8.37. The molecule has 118 valence electrons. The normalized spacial score (nSPS) is 31.9. The summed E-state index contributed by atoms with van der Waals surface area (Å²) in [5.41, 5.74) is 8.67. The molecular weight excluding hydrogens is 397 g/mol. The maximum atomic E-state index is 11.3. The van der Waals surface area contributed by atoms with Gasteiger partial charge in [-0.25, -0.2) is 0 Å². The van der Waals surface area contributed by atoms with E-state index in [9.17, 15) is 9.59 Å². The highest BCUT2D eigenvalue weighted by Crippen LogP contribution is 2.30. The van der Waals surface area contributed by atoms with Crippen LogP contribution >= 0.6 is 22.6 Å². The first-order chi connectivity index (χ1) is 9.94. The van der Waals surface area contributed by atoms with Gasteiger partial charge < -0.3 is 18.9 Å². The van der Waals surface area contributed by atoms with Gasteiger partial charge in [-0.15, -0.1) is 0 Å². The van der Waals surface area contributed by atoms with E-state index in [2.05, 4.69) is 32.6 Å². The highest BCUT2D eigenvalue weighted by Gasteiger charge is 2.49. The van der Waals surface area contributed by atoms with E-state index < -0.39 is 42.6 Å². The van der Waals surface area contributed by atoms with Gasteiger partial charge in [-0.3, -0.25) is 9.59 Å². The summed E-state index contributed by atoms with van der Waals surface area (Å²) in [7, 11) is 1.38. The van der Waals surface area contributed by atoms with Gasteiger partial charge in [0, 0.05) is 30.3 Å². The number of azide groups is 1. The van der Waals surface area contributed by atoms with Crippen molar-refractivity contribution < 1.29 is 28.5 Å². The molecule has 0 spiro atoms. The summed E-state index contributed by atoms with van der Waals surface area (Å²) in [6.07, 6.45) is -3.28. The third-order valence-corrected chi connectivity index (χ3v) is 3.66. The molecule has 1 fully saturated rings. The van der Waals surface area contributed by atoms with Crippen LogP contribution in [0.2, 0.25) is 0 Å². The molecule has 1 heterocycles. The predicted octanol–water partition coefficient (Wildman–Crippen LogP) is 1.33. The van der Waals surface area contributed by atoms with Crippen molar-refractivity contribution in [2.45, 2.75) is 44.5 Å². The van der Waals surface area contributed by atoms with Crippen LogP contribution in [0, 0.1) is 0 Å². The number of carbonyl (C=O) groups excluding carboxylic acids is 2. The summed E-state index contributed by atoms with van der Waals surface area (Å²) in [6, 6.07) is -0.951. The Bertz CT molecular complexity index is 442. The molecule has 0 amide bonds. The molecule has 1 rings (SSSR count). The highest BCUT2D eigenvalue weighted by atomic mass is 127. The van der Waals surface area contributed by atoms with Crippen molar-refractivity contribution in [2.24, 2.45) is 5.11 Å². The molecule has 0 bridgehead atoms. The van der Waals surface area contributed by atoms with E-state index in [1.54, 1.807) is 0 Å². The van der Waals surface area contributed by atoms with Crippen molar-refractivity contribution in [3.63, 3.8) is 0 Å². The SMILES string of the molecule is CO[C@H]1O[C@H](CI)[C@@H](OC(C)=O)[C@@H](OC(C)=O)[C@@H]1N=[N+]=[N-]. The van der Waals surface area contributed by atoms with Crippen LogP contribution in [-0.2, 0) is 28.5 Å². The molecule has 0 radical (unpaired) electrons. The lowest BCUT2D eigenvalue weighted by molar-refractivity contribution is -0.255. The molecule has 1 aliphatic rings. The molecule has 0 aromatic carbocycles. The van der Waals surface area contributed by atoms with Gasteiger partial charge in [0.05, 0.1) is 0 Å². The first kappa shape index (κ1) is 18.0. The van der Waals surface area contributed by atoms with Gasteiger partial charge in [-0.2, -0.15) is 0 Å². The lowest BCUT2D eigenvalue weighted by atomic mass is 9.97. The summed E-state index contributed by atoms with van der Waals surface area (Å²) in [5.74, 6) is -1.13. The monoisotopic (exact) mass is 413 g/mol. The van der Waals surface area contributed by atoms with Crippen molar-refractivity contribution in [3.05, 3.63) is 10.4 Å². The first-order valence-electron chi connectivity index (χ1n) is 6.07. The van der Waals surface area contributed by atoms with Crippen molar-refractivity contribution in [1.82, 2.24) is 0 Å². The van der Waals surface area contributed by atoms with Gasteiger partial charge >= 0.3 is 11.9 Å². The third kappa shape index (κ3) is 4.70. The molecular formula is C11H16IN3O6. The zero-order valence-corrected chi connectivity index (χ0v) is 13.9. The van der Waals surface area contributed by atoms with E-state index in [-0.39, 0.29) is 0 Å². The molecule has 0 aromatic heterocycles. The van der Waals surface area contributed by atoms with Gasteiger partial charge in [-0.1, -0.05) is 27.7 Å². The number of hydrogen-bond donors (Lipinski definition) is 0. The minimum Gasteiger partial charge on any atom is -0.458 e. The maximum Gasteiger partial charge on any atom is 0.303 e. The number of carbonyl (C=O) groups is 2. The maximum absolute atomic E-state index is 11.3. The Morgan fingerprint density at radius 2 is 1.86 bits per heavy atom. The lowest BCUT2D eigenvalue weighted by Crippen LogP contribution is -2.60. The lowest BCUT2D eigenvalue weighted by Gasteiger charge is -2.42. The van der Waals surface area contributed by atoms with Crippen LogP contribution in [0.1, 0.15) is 13.8 Å². The number of alkyl halides is 1. The number of esters is 2. The molecule has 1 aliphatic heterocycles. The largest absolute Gasteiger partial charge is 0.458 e. The number of nitrogens with zero attached hydrogens (tertiary/aromatic N) is 3. The second-order valence-corrected chi connectivity index (χ2v) is 5.16. The molecule has 0 unspecified atom stereocenters. The summed E-state index contributed by atoms with van der Waals surface area (Å²) in [6.45, 7) is 2.45. The topological polar surface area (TPSA) is 120 Å². The Morgan fingerprint density at radius 1 is 1.29 bits per heavy atom. The fourth-order valence-electron chi connectivity index (χ4n) is 2.05. The molecule has 21 heavy (non-hydrogen) atoms. The van der Waals surface area contributed by atoms with E-state index in [1.165, 1.54) is 21.0 Å². The quantitative estimate of drug-likeness (QED) is 0.168. The summed E-state index contributed by atoms with van der Waals surface area (Å²) in [4.78, 5) is 25.3. The molecule has 0 aliphatic carbocycles. The highest BCUT2D eigenvalue weighted by molar-refractivity contribution is 14.1. The number of rotatable bonds is 5.